The van der Waals surface area contributed by atoms with E-state index in [1.165, 1.54) is 15.4 Å². The van der Waals surface area contributed by atoms with Gasteiger partial charge in [-0.3, -0.25) is 0 Å². The highest BCUT2D eigenvalue weighted by Crippen LogP contribution is 2.31. The van der Waals surface area contributed by atoms with E-state index in [0.717, 1.165) is 31.8 Å². The summed E-state index contributed by atoms with van der Waals surface area (Å²) in [5.41, 5.74) is 2.37. The van der Waals surface area contributed by atoms with Crippen molar-refractivity contribution >= 4 is 11.3 Å². The number of hydrogen-bond acceptors (Lipinski definition) is 4. The lowest BCUT2D eigenvalue weighted by Crippen LogP contribution is -2.21. The van der Waals surface area contributed by atoms with Crippen LogP contribution in [-0.4, -0.2) is 31.8 Å². The van der Waals surface area contributed by atoms with Crippen molar-refractivity contribution in [1.29, 1.82) is 0 Å². The number of rotatable bonds is 8. The lowest BCUT2D eigenvalue weighted by atomic mass is 10.1. The number of benzene rings is 1. The Morgan fingerprint density at radius 1 is 1.19 bits per heavy atom. The second-order valence-electron chi connectivity index (χ2n) is 5.34. The van der Waals surface area contributed by atoms with Crippen LogP contribution < -0.4 is 5.32 Å². The van der Waals surface area contributed by atoms with E-state index in [1.807, 2.05) is 17.4 Å². The molecule has 0 saturated carbocycles. The fourth-order valence-electron chi connectivity index (χ4n) is 2.11. The van der Waals surface area contributed by atoms with Gasteiger partial charge in [-0.15, -0.1) is 11.3 Å². The van der Waals surface area contributed by atoms with E-state index < -0.39 is 0 Å². The zero-order valence-corrected chi connectivity index (χ0v) is 13.9. The number of thiazole rings is 1. The van der Waals surface area contributed by atoms with E-state index in [1.54, 1.807) is 7.11 Å². The Kier molecular flexibility index (Phi) is 6.36. The molecule has 1 heterocycles. The van der Waals surface area contributed by atoms with Gasteiger partial charge in [0.1, 0.15) is 0 Å². The molecule has 0 unspecified atom stereocenters. The first-order valence-corrected chi connectivity index (χ1v) is 8.28. The Hall–Kier alpha value is -1.23. The molecule has 1 aromatic carbocycles. The summed E-state index contributed by atoms with van der Waals surface area (Å²) in [4.78, 5) is 6.23. The second kappa shape index (κ2) is 8.27. The summed E-state index contributed by atoms with van der Waals surface area (Å²) in [6, 6.07) is 10.5. The zero-order valence-electron chi connectivity index (χ0n) is 13.1. The summed E-state index contributed by atoms with van der Waals surface area (Å²) >= 11 is 1.84. The average molecular weight is 304 g/mol. The highest BCUT2D eigenvalue weighted by Gasteiger charge is 2.14. The van der Waals surface area contributed by atoms with E-state index in [0.29, 0.717) is 5.92 Å². The molecular formula is C17H24N2OS. The van der Waals surface area contributed by atoms with Gasteiger partial charge in [-0.25, -0.2) is 4.98 Å². The molecule has 0 aliphatic heterocycles. The average Bonchev–Trinajstić information content (AvgIpc) is 2.92. The van der Waals surface area contributed by atoms with Crippen LogP contribution in [0.5, 0.6) is 0 Å². The predicted octanol–water partition coefficient (Wildman–Crippen LogP) is 3.71. The summed E-state index contributed by atoms with van der Waals surface area (Å²) in [5, 5.41) is 4.63. The molecule has 21 heavy (non-hydrogen) atoms. The first-order chi connectivity index (χ1) is 10.2. The maximum atomic E-state index is 5.05. The molecule has 0 atom stereocenters. The van der Waals surface area contributed by atoms with Crippen LogP contribution in [-0.2, 0) is 11.2 Å². The van der Waals surface area contributed by atoms with Crippen LogP contribution in [0.4, 0.5) is 0 Å². The van der Waals surface area contributed by atoms with Crippen molar-refractivity contribution in [2.45, 2.75) is 26.2 Å². The Morgan fingerprint density at radius 3 is 2.62 bits per heavy atom. The minimum absolute atomic E-state index is 0.479. The van der Waals surface area contributed by atoms with Gasteiger partial charge in [0.05, 0.1) is 17.3 Å². The summed E-state index contributed by atoms with van der Waals surface area (Å²) in [6.07, 6.45) is 1.01. The maximum absolute atomic E-state index is 5.05. The number of aromatic nitrogens is 1. The van der Waals surface area contributed by atoms with E-state index in [-0.39, 0.29) is 0 Å². The summed E-state index contributed by atoms with van der Waals surface area (Å²) < 4.78 is 5.05. The quantitative estimate of drug-likeness (QED) is 0.755. The van der Waals surface area contributed by atoms with Crippen LogP contribution in [0, 0.1) is 0 Å². The van der Waals surface area contributed by atoms with Crippen molar-refractivity contribution in [3.05, 3.63) is 40.2 Å². The highest BCUT2D eigenvalue weighted by molar-refractivity contribution is 7.12. The van der Waals surface area contributed by atoms with Gasteiger partial charge >= 0.3 is 0 Å². The van der Waals surface area contributed by atoms with Gasteiger partial charge in [0.25, 0.3) is 0 Å². The lowest BCUT2D eigenvalue weighted by molar-refractivity contribution is 0.199. The van der Waals surface area contributed by atoms with Gasteiger partial charge in [0, 0.05) is 36.6 Å². The van der Waals surface area contributed by atoms with Crippen LogP contribution in [0.1, 0.15) is 29.7 Å². The SMILES string of the molecule is COCCNCCc1sc(C(C)C)nc1-c1ccccc1. The van der Waals surface area contributed by atoms with Gasteiger partial charge in [0.15, 0.2) is 0 Å². The Morgan fingerprint density at radius 2 is 1.95 bits per heavy atom. The minimum Gasteiger partial charge on any atom is -0.383 e. The second-order valence-corrected chi connectivity index (χ2v) is 6.45. The smallest absolute Gasteiger partial charge is 0.0960 e. The normalized spacial score (nSPS) is 11.2. The number of methoxy groups -OCH3 is 1. The van der Waals surface area contributed by atoms with Crippen molar-refractivity contribution in [3.8, 4) is 11.3 Å². The van der Waals surface area contributed by atoms with Crippen LogP contribution in [0.2, 0.25) is 0 Å². The number of hydrogen-bond donors (Lipinski definition) is 1. The Labute approximate surface area is 131 Å². The third kappa shape index (κ3) is 4.63. The molecular weight excluding hydrogens is 280 g/mol. The first-order valence-electron chi connectivity index (χ1n) is 7.47. The molecule has 0 amide bonds. The molecule has 3 nitrogen and oxygen atoms in total. The Bertz CT molecular complexity index is 537. The fraction of sp³-hybridized carbons (Fsp3) is 0.471. The van der Waals surface area contributed by atoms with Gasteiger partial charge in [-0.1, -0.05) is 44.2 Å². The summed E-state index contributed by atoms with van der Waals surface area (Å²) in [7, 11) is 1.73. The summed E-state index contributed by atoms with van der Waals surface area (Å²) in [5.74, 6) is 0.479. The van der Waals surface area contributed by atoms with Crippen LogP contribution >= 0.6 is 11.3 Å². The first kappa shape index (κ1) is 16.1. The van der Waals surface area contributed by atoms with Gasteiger partial charge in [-0.2, -0.15) is 0 Å². The number of nitrogens with zero attached hydrogens (tertiary/aromatic N) is 1. The van der Waals surface area contributed by atoms with Gasteiger partial charge in [0.2, 0.25) is 0 Å². The molecule has 4 heteroatoms. The largest absolute Gasteiger partial charge is 0.383 e. The third-order valence-electron chi connectivity index (χ3n) is 3.27. The van der Waals surface area contributed by atoms with E-state index in [9.17, 15) is 0 Å². The van der Waals surface area contributed by atoms with Crippen molar-refractivity contribution in [3.63, 3.8) is 0 Å². The Balaban J connectivity index is 2.11. The maximum Gasteiger partial charge on any atom is 0.0960 e. The van der Waals surface area contributed by atoms with Crippen molar-refractivity contribution in [2.24, 2.45) is 0 Å². The molecule has 2 rings (SSSR count). The number of nitrogens with one attached hydrogen (secondary N) is 1. The molecule has 0 aliphatic carbocycles. The monoisotopic (exact) mass is 304 g/mol. The highest BCUT2D eigenvalue weighted by atomic mass is 32.1. The van der Waals surface area contributed by atoms with E-state index in [2.05, 4.69) is 43.4 Å². The van der Waals surface area contributed by atoms with Crippen LogP contribution in [0.15, 0.2) is 30.3 Å². The van der Waals surface area contributed by atoms with E-state index >= 15 is 0 Å². The summed E-state index contributed by atoms with van der Waals surface area (Å²) in [6.45, 7) is 7.02. The molecule has 114 valence electrons. The molecule has 0 saturated heterocycles. The van der Waals surface area contributed by atoms with Crippen LogP contribution in [0.25, 0.3) is 11.3 Å². The van der Waals surface area contributed by atoms with Gasteiger partial charge in [-0.05, 0) is 6.42 Å². The third-order valence-corrected chi connectivity index (χ3v) is 4.68. The molecule has 0 aliphatic rings. The zero-order chi connectivity index (χ0) is 15.1. The molecule has 0 radical (unpaired) electrons. The topological polar surface area (TPSA) is 34.1 Å². The molecule has 1 aromatic heterocycles. The molecule has 2 aromatic rings. The molecule has 0 bridgehead atoms. The van der Waals surface area contributed by atoms with Crippen molar-refractivity contribution < 1.29 is 4.74 Å². The van der Waals surface area contributed by atoms with Crippen molar-refractivity contribution in [2.75, 3.05) is 26.8 Å². The molecule has 0 fully saturated rings. The molecule has 0 spiro atoms. The number of ether oxygens (including phenoxy) is 1. The van der Waals surface area contributed by atoms with Crippen LogP contribution in [0.3, 0.4) is 0 Å². The minimum atomic E-state index is 0.479. The fourth-order valence-corrected chi connectivity index (χ4v) is 3.20. The predicted molar refractivity (Wildman–Crippen MR) is 90.1 cm³/mol. The standard InChI is InChI=1S/C17H24N2OS/c1-13(2)17-19-16(14-7-5-4-6-8-14)15(21-17)9-10-18-11-12-20-3/h4-8,13,18H,9-12H2,1-3H3. The van der Waals surface area contributed by atoms with Crippen molar-refractivity contribution in [1.82, 2.24) is 10.3 Å². The molecule has 1 N–H and O–H groups in total. The lowest BCUT2D eigenvalue weighted by Gasteiger charge is -2.04. The van der Waals surface area contributed by atoms with E-state index in [4.69, 9.17) is 9.72 Å². The van der Waals surface area contributed by atoms with Gasteiger partial charge < -0.3 is 10.1 Å².